The van der Waals surface area contributed by atoms with E-state index < -0.39 is 22.1 Å². The minimum absolute atomic E-state index is 0.00894. The molecule has 0 saturated carbocycles. The predicted molar refractivity (Wildman–Crippen MR) is 75.6 cm³/mol. The number of rotatable bonds is 4. The molecule has 2 N–H and O–H groups in total. The van der Waals surface area contributed by atoms with E-state index in [-0.39, 0.29) is 29.6 Å². The number of sulfonamides is 1. The third-order valence-corrected chi connectivity index (χ3v) is 5.72. The molecule has 0 spiro atoms. The number of nitrogens with zero attached hydrogens (tertiary/aromatic N) is 2. The molecule has 8 heteroatoms. The van der Waals surface area contributed by atoms with E-state index in [1.807, 2.05) is 0 Å². The summed E-state index contributed by atoms with van der Waals surface area (Å²) in [6.45, 7) is 4.41. The van der Waals surface area contributed by atoms with Gasteiger partial charge < -0.3 is 14.8 Å². The first-order chi connectivity index (χ1) is 9.77. The van der Waals surface area contributed by atoms with Gasteiger partial charge in [-0.1, -0.05) is 6.92 Å². The summed E-state index contributed by atoms with van der Waals surface area (Å²) in [5.41, 5.74) is -0.0406. The zero-order chi connectivity index (χ0) is 15.8. The third kappa shape index (κ3) is 2.97. The maximum Gasteiger partial charge on any atom is 0.352 e. The molecule has 2 unspecified atom stereocenters. The molecule has 21 heavy (non-hydrogen) atoms. The second kappa shape index (κ2) is 5.78. The second-order valence-electron chi connectivity index (χ2n) is 5.35. The zero-order valence-electron chi connectivity index (χ0n) is 12.1. The average molecular weight is 316 g/mol. The number of hydrogen-bond donors (Lipinski definition) is 2. The summed E-state index contributed by atoms with van der Waals surface area (Å²) in [5, 5.41) is 18.8. The van der Waals surface area contributed by atoms with Crippen molar-refractivity contribution in [1.82, 2.24) is 8.87 Å². The maximum absolute atomic E-state index is 12.6. The lowest BCUT2D eigenvalue weighted by atomic mass is 9.99. The molecule has 2 heterocycles. The van der Waals surface area contributed by atoms with E-state index in [2.05, 4.69) is 0 Å². The minimum atomic E-state index is -3.73. The molecule has 7 nitrogen and oxygen atoms in total. The Balaban J connectivity index is 2.34. The van der Waals surface area contributed by atoms with Crippen LogP contribution in [-0.4, -0.2) is 52.7 Å². The maximum atomic E-state index is 12.6. The fourth-order valence-electron chi connectivity index (χ4n) is 2.53. The van der Waals surface area contributed by atoms with E-state index in [0.29, 0.717) is 13.0 Å². The summed E-state index contributed by atoms with van der Waals surface area (Å²) in [6, 6.07) is 1.19. The Morgan fingerprint density at radius 3 is 2.62 bits per heavy atom. The Morgan fingerprint density at radius 2 is 2.14 bits per heavy atom. The molecule has 2 atom stereocenters. The molecule has 1 aliphatic heterocycles. The van der Waals surface area contributed by atoms with Gasteiger partial charge in [-0.15, -0.1) is 0 Å². The van der Waals surface area contributed by atoms with Crippen LogP contribution in [0.25, 0.3) is 0 Å². The Bertz CT molecular complexity index is 637. The first-order valence-electron chi connectivity index (χ1n) is 6.89. The molecule has 0 aliphatic carbocycles. The van der Waals surface area contributed by atoms with Crippen LogP contribution in [0.1, 0.15) is 30.8 Å². The largest absolute Gasteiger partial charge is 0.477 e. The number of carboxylic acids is 1. The van der Waals surface area contributed by atoms with Crippen LogP contribution in [0.4, 0.5) is 0 Å². The third-order valence-electron chi connectivity index (χ3n) is 3.89. The van der Waals surface area contributed by atoms with E-state index in [9.17, 15) is 18.3 Å². The van der Waals surface area contributed by atoms with Gasteiger partial charge in [0.1, 0.15) is 10.6 Å². The SMILES string of the molecule is CCn1cc(S(=O)(=O)N2CCC(O)C(C)C2)cc1C(=O)O. The lowest BCUT2D eigenvalue weighted by molar-refractivity contribution is 0.0628. The molecule has 1 aromatic heterocycles. The van der Waals surface area contributed by atoms with Gasteiger partial charge in [0.05, 0.1) is 6.10 Å². The average Bonchev–Trinajstić information content (AvgIpc) is 2.86. The predicted octanol–water partition coefficient (Wildman–Crippen LogP) is 0.598. The van der Waals surface area contributed by atoms with Gasteiger partial charge in [0, 0.05) is 25.8 Å². The molecule has 1 aromatic rings. The van der Waals surface area contributed by atoms with Crippen molar-refractivity contribution in [2.45, 2.75) is 37.8 Å². The van der Waals surface area contributed by atoms with Crippen LogP contribution in [0.5, 0.6) is 0 Å². The van der Waals surface area contributed by atoms with Gasteiger partial charge in [0.2, 0.25) is 10.0 Å². The molecular weight excluding hydrogens is 296 g/mol. The number of aliphatic hydroxyl groups excluding tert-OH is 1. The van der Waals surface area contributed by atoms with Crippen molar-refractivity contribution < 1.29 is 23.4 Å². The van der Waals surface area contributed by atoms with Crippen LogP contribution in [0.15, 0.2) is 17.2 Å². The number of aryl methyl sites for hydroxylation is 1. The summed E-state index contributed by atoms with van der Waals surface area (Å²) in [6.07, 6.45) is 1.25. The lowest BCUT2D eigenvalue weighted by Gasteiger charge is -2.33. The number of aliphatic hydroxyl groups is 1. The van der Waals surface area contributed by atoms with Crippen molar-refractivity contribution in [3.8, 4) is 0 Å². The highest BCUT2D eigenvalue weighted by atomic mass is 32.2. The highest BCUT2D eigenvalue weighted by Crippen LogP contribution is 2.25. The normalized spacial score (nSPS) is 24.1. The van der Waals surface area contributed by atoms with Crippen LogP contribution >= 0.6 is 0 Å². The van der Waals surface area contributed by atoms with Crippen molar-refractivity contribution >= 4 is 16.0 Å². The van der Waals surface area contributed by atoms with E-state index in [4.69, 9.17) is 5.11 Å². The summed E-state index contributed by atoms with van der Waals surface area (Å²) in [4.78, 5) is 11.1. The van der Waals surface area contributed by atoms with Gasteiger partial charge in [-0.2, -0.15) is 4.31 Å². The topological polar surface area (TPSA) is 99.8 Å². The van der Waals surface area contributed by atoms with Crippen LogP contribution in [0.3, 0.4) is 0 Å². The van der Waals surface area contributed by atoms with E-state index in [1.54, 1.807) is 13.8 Å². The monoisotopic (exact) mass is 316 g/mol. The smallest absolute Gasteiger partial charge is 0.352 e. The summed E-state index contributed by atoms with van der Waals surface area (Å²) >= 11 is 0. The molecule has 1 fully saturated rings. The zero-order valence-corrected chi connectivity index (χ0v) is 12.9. The van der Waals surface area contributed by atoms with E-state index in [0.717, 1.165) is 0 Å². The van der Waals surface area contributed by atoms with Gasteiger partial charge in [-0.3, -0.25) is 0 Å². The van der Waals surface area contributed by atoms with Crippen molar-refractivity contribution in [3.63, 3.8) is 0 Å². The van der Waals surface area contributed by atoms with Gasteiger partial charge >= 0.3 is 5.97 Å². The molecule has 0 amide bonds. The first kappa shape index (κ1) is 16.0. The Labute approximate surface area is 123 Å². The quantitative estimate of drug-likeness (QED) is 0.847. The summed E-state index contributed by atoms with van der Waals surface area (Å²) in [5.74, 6) is -1.29. The minimum Gasteiger partial charge on any atom is -0.477 e. The molecule has 0 aromatic carbocycles. The van der Waals surface area contributed by atoms with Crippen molar-refractivity contribution in [1.29, 1.82) is 0 Å². The fourth-order valence-corrected chi connectivity index (χ4v) is 4.12. The summed E-state index contributed by atoms with van der Waals surface area (Å²) < 4.78 is 27.9. The molecular formula is C13H20N2O5S. The molecule has 1 saturated heterocycles. The first-order valence-corrected chi connectivity index (χ1v) is 8.33. The van der Waals surface area contributed by atoms with E-state index >= 15 is 0 Å². The van der Waals surface area contributed by atoms with E-state index in [1.165, 1.54) is 21.1 Å². The van der Waals surface area contributed by atoms with Gasteiger partial charge in [0.15, 0.2) is 0 Å². The fraction of sp³-hybridized carbons (Fsp3) is 0.615. The number of piperidine rings is 1. The summed E-state index contributed by atoms with van der Waals surface area (Å²) in [7, 11) is -3.73. The standard InChI is InChI=1S/C13H20N2O5S/c1-3-14-8-10(6-11(14)13(17)18)21(19,20)15-5-4-12(16)9(2)7-15/h6,8-9,12,16H,3-5,7H2,1-2H3,(H,17,18). The van der Waals surface area contributed by atoms with Crippen molar-refractivity contribution in [2.75, 3.05) is 13.1 Å². The van der Waals surface area contributed by atoms with Crippen LogP contribution in [0.2, 0.25) is 0 Å². The van der Waals surface area contributed by atoms with Crippen LogP contribution in [0, 0.1) is 5.92 Å². The Hall–Kier alpha value is -1.38. The molecule has 2 rings (SSSR count). The van der Waals surface area contributed by atoms with Crippen molar-refractivity contribution in [3.05, 3.63) is 18.0 Å². The van der Waals surface area contributed by atoms with Gasteiger partial charge in [-0.25, -0.2) is 13.2 Å². The molecule has 0 radical (unpaired) electrons. The molecule has 1 aliphatic rings. The number of aromatic nitrogens is 1. The highest BCUT2D eigenvalue weighted by molar-refractivity contribution is 7.89. The lowest BCUT2D eigenvalue weighted by Crippen LogP contribution is -2.44. The number of hydrogen-bond acceptors (Lipinski definition) is 4. The number of aromatic carboxylic acids is 1. The molecule has 0 bridgehead atoms. The van der Waals surface area contributed by atoms with Crippen LogP contribution in [-0.2, 0) is 16.6 Å². The Kier molecular flexibility index (Phi) is 4.40. The Morgan fingerprint density at radius 1 is 1.48 bits per heavy atom. The molecule has 118 valence electrons. The second-order valence-corrected chi connectivity index (χ2v) is 7.29. The van der Waals surface area contributed by atoms with Crippen molar-refractivity contribution in [2.24, 2.45) is 5.92 Å². The van der Waals surface area contributed by atoms with Gasteiger partial charge in [0.25, 0.3) is 0 Å². The van der Waals surface area contributed by atoms with Gasteiger partial charge in [-0.05, 0) is 25.3 Å². The van der Waals surface area contributed by atoms with Crippen LogP contribution < -0.4 is 0 Å². The number of carboxylic acid groups (broad SMARTS) is 1. The highest BCUT2D eigenvalue weighted by Gasteiger charge is 2.33. The number of carbonyl (C=O) groups is 1.